The van der Waals surface area contributed by atoms with E-state index in [0.29, 0.717) is 26.2 Å². The summed E-state index contributed by atoms with van der Waals surface area (Å²) in [6, 6.07) is 8.26. The van der Waals surface area contributed by atoms with Gasteiger partial charge < -0.3 is 19.8 Å². The van der Waals surface area contributed by atoms with Crippen molar-refractivity contribution in [2.45, 2.75) is 6.92 Å². The fourth-order valence-electron chi connectivity index (χ4n) is 2.54. The van der Waals surface area contributed by atoms with Gasteiger partial charge in [0.1, 0.15) is 0 Å². The van der Waals surface area contributed by atoms with Crippen molar-refractivity contribution in [1.29, 1.82) is 0 Å². The van der Waals surface area contributed by atoms with E-state index in [-0.39, 0.29) is 13.2 Å². The highest BCUT2D eigenvalue weighted by Crippen LogP contribution is 2.17. The predicted molar refractivity (Wildman–Crippen MR) is 84.7 cm³/mol. The maximum atomic E-state index is 12.1. The largest absolute Gasteiger partial charge is 0.395 e. The van der Waals surface area contributed by atoms with Crippen LogP contribution in [0.1, 0.15) is 5.56 Å². The molecule has 1 fully saturated rings. The Hall–Kier alpha value is -2.08. The molecule has 1 aromatic rings. The van der Waals surface area contributed by atoms with Crippen LogP contribution in [0.25, 0.3) is 0 Å². The van der Waals surface area contributed by atoms with E-state index in [0.717, 1.165) is 5.69 Å². The highest BCUT2D eigenvalue weighted by molar-refractivity contribution is 6.34. The molecular weight excluding hydrogens is 282 g/mol. The molecule has 0 atom stereocenters. The van der Waals surface area contributed by atoms with Gasteiger partial charge in [-0.25, -0.2) is 0 Å². The fraction of sp³-hybridized carbons (Fsp3) is 0.500. The fourth-order valence-corrected chi connectivity index (χ4v) is 2.54. The summed E-state index contributed by atoms with van der Waals surface area (Å²) in [5.41, 5.74) is 2.35. The summed E-state index contributed by atoms with van der Waals surface area (Å²) in [6.45, 7) is 4.58. The van der Waals surface area contributed by atoms with Crippen LogP contribution in [-0.4, -0.2) is 73.1 Å². The minimum absolute atomic E-state index is 0.142. The van der Waals surface area contributed by atoms with Gasteiger partial charge in [0.25, 0.3) is 0 Å². The van der Waals surface area contributed by atoms with Crippen LogP contribution in [0.5, 0.6) is 0 Å². The number of likely N-dealkylation sites (N-methyl/N-ethyl adjacent to an activating group) is 1. The van der Waals surface area contributed by atoms with Gasteiger partial charge in [0, 0.05) is 45.5 Å². The average molecular weight is 305 g/mol. The van der Waals surface area contributed by atoms with Gasteiger partial charge in [0.2, 0.25) is 0 Å². The number of carbonyl (C=O) groups excluding carboxylic acids is 2. The lowest BCUT2D eigenvalue weighted by Crippen LogP contribution is -2.53. The zero-order valence-corrected chi connectivity index (χ0v) is 13.2. The molecule has 0 radical (unpaired) electrons. The third-order valence-corrected chi connectivity index (χ3v) is 3.90. The van der Waals surface area contributed by atoms with Crippen LogP contribution in [0.2, 0.25) is 0 Å². The van der Waals surface area contributed by atoms with E-state index in [9.17, 15) is 9.59 Å². The molecule has 22 heavy (non-hydrogen) atoms. The highest BCUT2D eigenvalue weighted by atomic mass is 16.3. The maximum absolute atomic E-state index is 12.1. The smallest absolute Gasteiger partial charge is 0.312 e. The zero-order chi connectivity index (χ0) is 16.1. The molecule has 1 aliphatic rings. The number of aliphatic hydroxyl groups is 1. The first-order valence-corrected chi connectivity index (χ1v) is 7.50. The standard InChI is InChI=1S/C16H23N3O3/c1-13-4-3-5-14(12-13)18-6-8-19(9-7-18)16(22)15(21)17(2)10-11-20/h3-5,12,20H,6-11H2,1-2H3. The monoisotopic (exact) mass is 305 g/mol. The first-order valence-electron chi connectivity index (χ1n) is 7.50. The Kier molecular flexibility index (Phi) is 5.38. The molecule has 1 N–H and O–H groups in total. The van der Waals surface area contributed by atoms with Crippen LogP contribution in [0.4, 0.5) is 5.69 Å². The molecule has 0 aromatic heterocycles. The Morgan fingerprint density at radius 2 is 1.91 bits per heavy atom. The topological polar surface area (TPSA) is 64.1 Å². The van der Waals surface area contributed by atoms with Gasteiger partial charge in [-0.05, 0) is 24.6 Å². The summed E-state index contributed by atoms with van der Waals surface area (Å²) in [6.07, 6.45) is 0. The molecule has 0 unspecified atom stereocenters. The van der Waals surface area contributed by atoms with Crippen LogP contribution in [-0.2, 0) is 9.59 Å². The second-order valence-electron chi connectivity index (χ2n) is 5.57. The SMILES string of the molecule is Cc1cccc(N2CCN(C(=O)C(=O)N(C)CCO)CC2)c1. The Bertz CT molecular complexity index is 539. The van der Waals surface area contributed by atoms with Gasteiger partial charge in [-0.2, -0.15) is 0 Å². The van der Waals surface area contributed by atoms with Crippen molar-refractivity contribution in [3.05, 3.63) is 29.8 Å². The van der Waals surface area contributed by atoms with E-state index >= 15 is 0 Å². The van der Waals surface area contributed by atoms with Gasteiger partial charge in [-0.3, -0.25) is 9.59 Å². The molecule has 1 aliphatic heterocycles. The number of aliphatic hydroxyl groups excluding tert-OH is 1. The summed E-state index contributed by atoms with van der Waals surface area (Å²) in [4.78, 5) is 29.2. The highest BCUT2D eigenvalue weighted by Gasteiger charge is 2.28. The Balaban J connectivity index is 1.91. The van der Waals surface area contributed by atoms with Crippen molar-refractivity contribution < 1.29 is 14.7 Å². The normalized spacial score (nSPS) is 14.9. The molecule has 0 aliphatic carbocycles. The Morgan fingerprint density at radius 1 is 1.23 bits per heavy atom. The third-order valence-electron chi connectivity index (χ3n) is 3.90. The first-order chi connectivity index (χ1) is 10.5. The summed E-state index contributed by atoms with van der Waals surface area (Å²) in [7, 11) is 1.53. The Morgan fingerprint density at radius 3 is 2.50 bits per heavy atom. The molecule has 1 heterocycles. The quantitative estimate of drug-likeness (QED) is 0.804. The molecule has 1 saturated heterocycles. The van der Waals surface area contributed by atoms with Crippen molar-refractivity contribution in [3.8, 4) is 0 Å². The van der Waals surface area contributed by atoms with Gasteiger partial charge in [-0.1, -0.05) is 12.1 Å². The third kappa shape index (κ3) is 3.76. The summed E-state index contributed by atoms with van der Waals surface area (Å²) >= 11 is 0. The molecule has 6 nitrogen and oxygen atoms in total. The molecule has 120 valence electrons. The van der Waals surface area contributed by atoms with Crippen molar-refractivity contribution in [2.24, 2.45) is 0 Å². The second kappa shape index (κ2) is 7.26. The van der Waals surface area contributed by atoms with Crippen molar-refractivity contribution in [3.63, 3.8) is 0 Å². The number of benzene rings is 1. The lowest BCUT2D eigenvalue weighted by Gasteiger charge is -2.36. The van der Waals surface area contributed by atoms with Crippen LogP contribution in [0, 0.1) is 6.92 Å². The van der Waals surface area contributed by atoms with E-state index in [2.05, 4.69) is 30.0 Å². The minimum atomic E-state index is -0.557. The lowest BCUT2D eigenvalue weighted by molar-refractivity contribution is -0.151. The van der Waals surface area contributed by atoms with Crippen molar-refractivity contribution in [2.75, 3.05) is 51.3 Å². The molecule has 6 heteroatoms. The van der Waals surface area contributed by atoms with Gasteiger partial charge in [0.15, 0.2) is 0 Å². The number of amides is 2. The number of anilines is 1. The summed E-state index contributed by atoms with van der Waals surface area (Å²) in [5, 5.41) is 8.84. The minimum Gasteiger partial charge on any atom is -0.395 e. The van der Waals surface area contributed by atoms with Gasteiger partial charge in [0.05, 0.1) is 6.61 Å². The number of nitrogens with zero attached hydrogens (tertiary/aromatic N) is 3. The van der Waals surface area contributed by atoms with Crippen LogP contribution >= 0.6 is 0 Å². The molecule has 0 spiro atoms. The van der Waals surface area contributed by atoms with E-state index in [1.807, 2.05) is 6.07 Å². The molecular formula is C16H23N3O3. The number of aryl methyl sites for hydroxylation is 1. The number of hydrogen-bond donors (Lipinski definition) is 1. The predicted octanol–water partition coefficient (Wildman–Crippen LogP) is 0.0943. The van der Waals surface area contributed by atoms with E-state index < -0.39 is 11.8 Å². The number of piperazine rings is 1. The van der Waals surface area contributed by atoms with E-state index in [1.54, 1.807) is 4.90 Å². The van der Waals surface area contributed by atoms with E-state index in [1.165, 1.54) is 17.5 Å². The molecule has 0 saturated carbocycles. The van der Waals surface area contributed by atoms with Crippen LogP contribution < -0.4 is 4.90 Å². The molecule has 1 aromatic carbocycles. The Labute approximate surface area is 130 Å². The maximum Gasteiger partial charge on any atom is 0.312 e. The van der Waals surface area contributed by atoms with Crippen LogP contribution in [0.15, 0.2) is 24.3 Å². The zero-order valence-electron chi connectivity index (χ0n) is 13.2. The average Bonchev–Trinajstić information content (AvgIpc) is 2.54. The van der Waals surface area contributed by atoms with E-state index in [4.69, 9.17) is 5.11 Å². The summed E-state index contributed by atoms with van der Waals surface area (Å²) in [5.74, 6) is -1.04. The number of carbonyl (C=O) groups is 2. The summed E-state index contributed by atoms with van der Waals surface area (Å²) < 4.78 is 0. The second-order valence-corrected chi connectivity index (χ2v) is 5.57. The van der Waals surface area contributed by atoms with Gasteiger partial charge >= 0.3 is 11.8 Å². The molecule has 2 rings (SSSR count). The molecule has 2 amide bonds. The molecule has 0 bridgehead atoms. The van der Waals surface area contributed by atoms with Crippen LogP contribution in [0.3, 0.4) is 0 Å². The van der Waals surface area contributed by atoms with Gasteiger partial charge in [-0.15, -0.1) is 0 Å². The number of rotatable bonds is 3. The van der Waals surface area contributed by atoms with Crippen molar-refractivity contribution >= 4 is 17.5 Å². The van der Waals surface area contributed by atoms with Crippen molar-refractivity contribution in [1.82, 2.24) is 9.80 Å². The number of hydrogen-bond acceptors (Lipinski definition) is 4. The lowest BCUT2D eigenvalue weighted by atomic mass is 10.2. The first kappa shape index (κ1) is 16.3.